The van der Waals surface area contributed by atoms with Crippen molar-refractivity contribution in [3.63, 3.8) is 0 Å². The molecule has 2 aromatic carbocycles. The van der Waals surface area contributed by atoms with E-state index in [9.17, 15) is 23.2 Å². The summed E-state index contributed by atoms with van der Waals surface area (Å²) in [5.74, 6) is -2.80. The highest BCUT2D eigenvalue weighted by atomic mass is 19.1. The molecule has 0 spiro atoms. The Morgan fingerprint density at radius 2 is 1.83 bits per heavy atom. The molecule has 3 rings (SSSR count). The van der Waals surface area contributed by atoms with E-state index in [4.69, 9.17) is 0 Å². The normalized spacial score (nSPS) is 18.7. The Morgan fingerprint density at radius 3 is 2.48 bits per heavy atom. The van der Waals surface area contributed by atoms with E-state index in [0.29, 0.717) is 13.1 Å². The zero-order valence-electron chi connectivity index (χ0n) is 16.1. The van der Waals surface area contributed by atoms with Crippen molar-refractivity contribution in [3.8, 4) is 0 Å². The molecule has 0 radical (unpaired) electrons. The number of nitrogens with one attached hydrogen (secondary N) is 1. The Bertz CT molecular complexity index is 951. The molecule has 0 aromatic heterocycles. The van der Waals surface area contributed by atoms with Crippen LogP contribution in [0, 0.1) is 11.6 Å². The summed E-state index contributed by atoms with van der Waals surface area (Å²) in [6.45, 7) is 3.30. The molecule has 1 fully saturated rings. The van der Waals surface area contributed by atoms with Crippen molar-refractivity contribution < 1.29 is 23.2 Å². The van der Waals surface area contributed by atoms with Crippen LogP contribution in [0.1, 0.15) is 25.0 Å². The SMILES string of the molecule is CCN(Cc1ccccc1)C(=O)CN1C(=O)N[C@@](C)(c2cc(F)ccc2F)C1=O. The van der Waals surface area contributed by atoms with E-state index in [1.807, 2.05) is 30.3 Å². The van der Waals surface area contributed by atoms with Crippen molar-refractivity contribution in [2.75, 3.05) is 13.1 Å². The minimum atomic E-state index is -1.79. The maximum absolute atomic E-state index is 14.2. The molecule has 8 heteroatoms. The van der Waals surface area contributed by atoms with Crippen LogP contribution in [0.3, 0.4) is 0 Å². The van der Waals surface area contributed by atoms with Gasteiger partial charge in [-0.15, -0.1) is 0 Å². The fourth-order valence-electron chi connectivity index (χ4n) is 3.32. The molecule has 152 valence electrons. The van der Waals surface area contributed by atoms with Crippen LogP contribution < -0.4 is 5.32 Å². The van der Waals surface area contributed by atoms with Gasteiger partial charge in [-0.05, 0) is 37.6 Å². The smallest absolute Gasteiger partial charge is 0.325 e. The number of hydrogen-bond acceptors (Lipinski definition) is 3. The summed E-state index contributed by atoms with van der Waals surface area (Å²) >= 11 is 0. The fourth-order valence-corrected chi connectivity index (χ4v) is 3.32. The van der Waals surface area contributed by atoms with Gasteiger partial charge in [0.25, 0.3) is 5.91 Å². The van der Waals surface area contributed by atoms with Gasteiger partial charge in [-0.1, -0.05) is 30.3 Å². The lowest BCUT2D eigenvalue weighted by Crippen LogP contribution is -2.44. The molecule has 2 aromatic rings. The summed E-state index contributed by atoms with van der Waals surface area (Å²) in [5.41, 5.74) is -1.17. The zero-order chi connectivity index (χ0) is 21.2. The third kappa shape index (κ3) is 3.96. The zero-order valence-corrected chi connectivity index (χ0v) is 16.1. The maximum Gasteiger partial charge on any atom is 0.325 e. The van der Waals surface area contributed by atoms with Gasteiger partial charge in [-0.25, -0.2) is 13.6 Å². The number of carbonyl (C=O) groups is 3. The second-order valence-electron chi connectivity index (χ2n) is 6.96. The number of hydrogen-bond donors (Lipinski definition) is 1. The summed E-state index contributed by atoms with van der Waals surface area (Å²) in [6.07, 6.45) is 0. The molecule has 0 aliphatic carbocycles. The molecule has 29 heavy (non-hydrogen) atoms. The lowest BCUT2D eigenvalue weighted by Gasteiger charge is -2.25. The van der Waals surface area contributed by atoms with E-state index in [2.05, 4.69) is 5.32 Å². The largest absolute Gasteiger partial charge is 0.337 e. The molecule has 1 N–H and O–H groups in total. The average Bonchev–Trinajstić information content (AvgIpc) is 2.92. The van der Waals surface area contributed by atoms with Crippen LogP contribution in [0.5, 0.6) is 0 Å². The lowest BCUT2D eigenvalue weighted by molar-refractivity contribution is -0.139. The number of nitrogens with zero attached hydrogens (tertiary/aromatic N) is 2. The first-order valence-electron chi connectivity index (χ1n) is 9.17. The second-order valence-corrected chi connectivity index (χ2v) is 6.96. The van der Waals surface area contributed by atoms with Gasteiger partial charge < -0.3 is 10.2 Å². The average molecular weight is 401 g/mol. The fraction of sp³-hybridized carbons (Fsp3) is 0.286. The van der Waals surface area contributed by atoms with Crippen LogP contribution in [0.2, 0.25) is 0 Å². The Hall–Kier alpha value is -3.29. The van der Waals surface area contributed by atoms with Gasteiger partial charge in [0.1, 0.15) is 23.7 Å². The maximum atomic E-state index is 14.2. The molecule has 0 unspecified atom stereocenters. The summed E-state index contributed by atoms with van der Waals surface area (Å²) < 4.78 is 27.8. The van der Waals surface area contributed by atoms with Gasteiger partial charge in [0.15, 0.2) is 0 Å². The summed E-state index contributed by atoms with van der Waals surface area (Å²) in [6, 6.07) is 11.2. The van der Waals surface area contributed by atoms with Crippen molar-refractivity contribution in [1.82, 2.24) is 15.1 Å². The van der Waals surface area contributed by atoms with Crippen LogP contribution in [0.25, 0.3) is 0 Å². The number of carbonyl (C=O) groups excluding carboxylic acids is 3. The van der Waals surface area contributed by atoms with E-state index in [1.54, 1.807) is 6.92 Å². The van der Waals surface area contributed by atoms with Gasteiger partial charge in [0.2, 0.25) is 5.91 Å². The number of imide groups is 1. The highest BCUT2D eigenvalue weighted by molar-refractivity contribution is 6.09. The van der Waals surface area contributed by atoms with Gasteiger partial charge in [0, 0.05) is 18.7 Å². The van der Waals surface area contributed by atoms with Crippen molar-refractivity contribution in [3.05, 3.63) is 71.3 Å². The number of halogens is 2. The second kappa shape index (κ2) is 7.98. The molecule has 4 amide bonds. The van der Waals surface area contributed by atoms with E-state index in [0.717, 1.165) is 28.7 Å². The third-order valence-corrected chi connectivity index (χ3v) is 4.99. The van der Waals surface area contributed by atoms with E-state index in [1.165, 1.54) is 11.8 Å². The van der Waals surface area contributed by atoms with Gasteiger partial charge >= 0.3 is 6.03 Å². The lowest BCUT2D eigenvalue weighted by atomic mass is 9.91. The standard InChI is InChI=1S/C21H21F2N3O3/c1-3-25(12-14-7-5-4-6-8-14)18(27)13-26-19(28)21(2,24-20(26)29)16-11-15(22)9-10-17(16)23/h4-11H,3,12-13H2,1-2H3,(H,24,29)/t21-/m0/s1. The van der Waals surface area contributed by atoms with Crippen molar-refractivity contribution in [1.29, 1.82) is 0 Å². The van der Waals surface area contributed by atoms with E-state index in [-0.39, 0.29) is 5.56 Å². The number of rotatable bonds is 6. The van der Waals surface area contributed by atoms with E-state index < -0.39 is 41.6 Å². The van der Waals surface area contributed by atoms with Crippen molar-refractivity contribution in [2.45, 2.75) is 25.9 Å². The molecule has 1 atom stereocenters. The van der Waals surface area contributed by atoms with Crippen LogP contribution >= 0.6 is 0 Å². The minimum absolute atomic E-state index is 0.289. The molecular weight excluding hydrogens is 380 g/mol. The van der Waals surface area contributed by atoms with Crippen LogP contribution in [0.15, 0.2) is 48.5 Å². The number of benzene rings is 2. The molecule has 6 nitrogen and oxygen atoms in total. The van der Waals surface area contributed by atoms with Gasteiger partial charge in [-0.3, -0.25) is 14.5 Å². The Labute approximate surface area is 167 Å². The number of amides is 4. The summed E-state index contributed by atoms with van der Waals surface area (Å²) in [5, 5.41) is 2.39. The first-order valence-corrected chi connectivity index (χ1v) is 9.17. The molecule has 1 aliphatic heterocycles. The van der Waals surface area contributed by atoms with E-state index >= 15 is 0 Å². The highest BCUT2D eigenvalue weighted by Gasteiger charge is 2.51. The number of likely N-dealkylation sites (N-methyl/N-ethyl adjacent to an activating group) is 1. The predicted octanol–water partition coefficient (Wildman–Crippen LogP) is 2.78. The monoisotopic (exact) mass is 401 g/mol. The molecule has 1 aliphatic rings. The van der Waals surface area contributed by atoms with Crippen LogP contribution in [-0.4, -0.2) is 40.7 Å². The Kier molecular flexibility index (Phi) is 5.63. The molecule has 1 heterocycles. The van der Waals surface area contributed by atoms with Crippen LogP contribution in [-0.2, 0) is 21.7 Å². The van der Waals surface area contributed by atoms with Gasteiger partial charge in [-0.2, -0.15) is 0 Å². The molecule has 1 saturated heterocycles. The predicted molar refractivity (Wildman–Crippen MR) is 101 cm³/mol. The highest BCUT2D eigenvalue weighted by Crippen LogP contribution is 2.31. The topological polar surface area (TPSA) is 69.7 Å². The van der Waals surface area contributed by atoms with Gasteiger partial charge in [0.05, 0.1) is 0 Å². The molecular formula is C21H21F2N3O3. The third-order valence-electron chi connectivity index (χ3n) is 4.99. The van der Waals surface area contributed by atoms with Crippen molar-refractivity contribution in [2.24, 2.45) is 0 Å². The first-order chi connectivity index (χ1) is 13.8. The minimum Gasteiger partial charge on any atom is -0.337 e. The molecule has 0 saturated carbocycles. The quantitative estimate of drug-likeness (QED) is 0.757. The first kappa shape index (κ1) is 20.4. The van der Waals surface area contributed by atoms with Crippen LogP contribution in [0.4, 0.5) is 13.6 Å². The molecule has 0 bridgehead atoms. The number of urea groups is 1. The Balaban J connectivity index is 1.79. The Morgan fingerprint density at radius 1 is 1.14 bits per heavy atom. The van der Waals surface area contributed by atoms with Crippen molar-refractivity contribution >= 4 is 17.8 Å². The summed E-state index contributed by atoms with van der Waals surface area (Å²) in [7, 11) is 0. The summed E-state index contributed by atoms with van der Waals surface area (Å²) in [4.78, 5) is 40.2.